The van der Waals surface area contributed by atoms with Crippen LogP contribution >= 0.6 is 0 Å². The topological polar surface area (TPSA) is 62.6 Å². The summed E-state index contributed by atoms with van der Waals surface area (Å²) in [6.07, 6.45) is 6.29. The van der Waals surface area contributed by atoms with Crippen LogP contribution in [-0.2, 0) is 22.9 Å². The van der Waals surface area contributed by atoms with Crippen LogP contribution in [0.3, 0.4) is 0 Å². The van der Waals surface area contributed by atoms with E-state index < -0.39 is 10.0 Å². The predicted molar refractivity (Wildman–Crippen MR) is 80.5 cm³/mol. The molecule has 106 valence electrons. The van der Waals surface area contributed by atoms with Gasteiger partial charge >= 0.3 is 0 Å². The quantitative estimate of drug-likeness (QED) is 0.811. The first kappa shape index (κ1) is 12.5. The molecule has 0 saturated heterocycles. The van der Waals surface area contributed by atoms with Crippen LogP contribution in [-0.4, -0.2) is 19.7 Å². The van der Waals surface area contributed by atoms with Crippen molar-refractivity contribution in [3.8, 4) is 0 Å². The van der Waals surface area contributed by atoms with E-state index in [2.05, 4.69) is 21.5 Å². The number of aryl methyl sites for hydroxylation is 2. The monoisotopic (exact) mass is 299 g/mol. The van der Waals surface area contributed by atoms with E-state index in [1.54, 1.807) is 17.2 Å². The Hall–Kier alpha value is -2.21. The third-order valence-electron chi connectivity index (χ3n) is 3.92. The number of nitrogens with zero attached hydrogens (tertiary/aromatic N) is 3. The lowest BCUT2D eigenvalue weighted by atomic mass is 10.1. The number of aromatic nitrogens is 1. The number of sulfonamides is 1. The molecule has 6 heteroatoms. The molecule has 0 fully saturated rings. The molecule has 0 spiro atoms. The maximum absolute atomic E-state index is 12.0. The summed E-state index contributed by atoms with van der Waals surface area (Å²) in [5.41, 5.74) is 3.60. The maximum Gasteiger partial charge on any atom is 0.287 e. The van der Waals surface area contributed by atoms with Gasteiger partial charge in [-0.2, -0.15) is 8.42 Å². The smallest absolute Gasteiger partial charge is 0.283 e. The molecular formula is C15H13N3O2S. The highest BCUT2D eigenvalue weighted by Gasteiger charge is 2.27. The van der Waals surface area contributed by atoms with Crippen LogP contribution in [0, 0.1) is 0 Å². The van der Waals surface area contributed by atoms with Crippen LogP contribution < -0.4 is 4.90 Å². The summed E-state index contributed by atoms with van der Waals surface area (Å²) in [4.78, 5) is 6.10. The standard InChI is InChI=1S/C15H13N3O2S/c19-21(20)14-5-2-8-16-15(14)18(10-17-21)13-7-6-11-3-1-4-12(11)9-13/h2,5-10H,1,3-4H2. The van der Waals surface area contributed by atoms with Crippen LogP contribution in [0.2, 0.25) is 0 Å². The first-order valence-corrected chi connectivity index (χ1v) is 8.26. The first-order valence-electron chi connectivity index (χ1n) is 6.82. The van der Waals surface area contributed by atoms with Gasteiger partial charge in [-0.3, -0.25) is 4.90 Å². The summed E-state index contributed by atoms with van der Waals surface area (Å²) in [5, 5.41) is 0. The Balaban J connectivity index is 1.87. The second-order valence-electron chi connectivity index (χ2n) is 5.20. The van der Waals surface area contributed by atoms with Crippen molar-refractivity contribution in [1.82, 2.24) is 4.98 Å². The van der Waals surface area contributed by atoms with Crippen molar-refractivity contribution in [2.75, 3.05) is 4.90 Å². The van der Waals surface area contributed by atoms with Crippen LogP contribution in [0.5, 0.6) is 0 Å². The van der Waals surface area contributed by atoms with E-state index in [9.17, 15) is 8.42 Å². The molecule has 1 aromatic heterocycles. The Morgan fingerprint density at radius 1 is 1.10 bits per heavy atom. The van der Waals surface area contributed by atoms with Crippen molar-refractivity contribution in [3.63, 3.8) is 0 Å². The van der Waals surface area contributed by atoms with E-state index in [-0.39, 0.29) is 4.90 Å². The van der Waals surface area contributed by atoms with E-state index in [0.29, 0.717) is 5.82 Å². The zero-order valence-corrected chi connectivity index (χ0v) is 12.0. The number of fused-ring (bicyclic) bond motifs is 2. The zero-order chi connectivity index (χ0) is 14.4. The second-order valence-corrected chi connectivity index (χ2v) is 6.80. The zero-order valence-electron chi connectivity index (χ0n) is 11.2. The van der Waals surface area contributed by atoms with Crippen molar-refractivity contribution in [2.45, 2.75) is 24.2 Å². The molecule has 1 aliphatic carbocycles. The molecule has 1 aliphatic heterocycles. The normalized spacial score (nSPS) is 18.4. The lowest BCUT2D eigenvalue weighted by Gasteiger charge is -2.24. The fraction of sp³-hybridized carbons (Fsp3) is 0.200. The Labute approximate surface area is 123 Å². The van der Waals surface area contributed by atoms with Crippen molar-refractivity contribution >= 4 is 27.9 Å². The molecule has 0 unspecified atom stereocenters. The van der Waals surface area contributed by atoms with Crippen LogP contribution in [0.15, 0.2) is 45.8 Å². The van der Waals surface area contributed by atoms with Gasteiger partial charge in [0.1, 0.15) is 11.2 Å². The van der Waals surface area contributed by atoms with Gasteiger partial charge in [0.15, 0.2) is 5.82 Å². The Morgan fingerprint density at radius 3 is 2.86 bits per heavy atom. The van der Waals surface area contributed by atoms with E-state index >= 15 is 0 Å². The maximum atomic E-state index is 12.0. The number of benzene rings is 1. The largest absolute Gasteiger partial charge is 0.287 e. The molecule has 2 aliphatic rings. The van der Waals surface area contributed by atoms with Crippen molar-refractivity contribution < 1.29 is 8.42 Å². The third-order valence-corrected chi connectivity index (χ3v) is 5.16. The average molecular weight is 299 g/mol. The van der Waals surface area contributed by atoms with Gasteiger partial charge in [-0.25, -0.2) is 4.98 Å². The molecule has 0 bridgehead atoms. The van der Waals surface area contributed by atoms with Crippen molar-refractivity contribution in [1.29, 1.82) is 0 Å². The number of pyridine rings is 1. The number of rotatable bonds is 1. The van der Waals surface area contributed by atoms with Gasteiger partial charge in [-0.05, 0) is 54.7 Å². The van der Waals surface area contributed by atoms with Crippen molar-refractivity contribution in [2.24, 2.45) is 4.40 Å². The SMILES string of the molecule is O=S1(=O)N=CN(c2ccc3c(c2)CCC3)c2ncccc21. The number of hydrogen-bond donors (Lipinski definition) is 0. The van der Waals surface area contributed by atoms with Crippen LogP contribution in [0.1, 0.15) is 17.5 Å². The average Bonchev–Trinajstić information content (AvgIpc) is 2.95. The summed E-state index contributed by atoms with van der Waals surface area (Å²) in [7, 11) is -3.63. The first-order chi connectivity index (χ1) is 10.1. The predicted octanol–water partition coefficient (Wildman–Crippen LogP) is 2.44. The summed E-state index contributed by atoms with van der Waals surface area (Å²) in [5.74, 6) is 0.408. The van der Waals surface area contributed by atoms with Crippen molar-refractivity contribution in [3.05, 3.63) is 47.7 Å². The number of anilines is 2. The van der Waals surface area contributed by atoms with Gasteiger partial charge in [-0.15, -0.1) is 4.40 Å². The Bertz CT molecular complexity index is 859. The molecule has 1 aromatic carbocycles. The lowest BCUT2D eigenvalue weighted by Crippen LogP contribution is -2.23. The molecule has 4 rings (SSSR count). The van der Waals surface area contributed by atoms with E-state index in [1.807, 2.05) is 6.07 Å². The van der Waals surface area contributed by atoms with Crippen LogP contribution in [0.25, 0.3) is 0 Å². The molecule has 21 heavy (non-hydrogen) atoms. The van der Waals surface area contributed by atoms with Gasteiger partial charge in [0.2, 0.25) is 0 Å². The highest BCUT2D eigenvalue weighted by molar-refractivity contribution is 7.90. The van der Waals surface area contributed by atoms with Gasteiger partial charge in [0, 0.05) is 11.9 Å². The summed E-state index contributed by atoms with van der Waals surface area (Å²) < 4.78 is 27.6. The highest BCUT2D eigenvalue weighted by Crippen LogP contribution is 2.34. The molecule has 0 N–H and O–H groups in total. The Morgan fingerprint density at radius 2 is 1.95 bits per heavy atom. The molecule has 0 radical (unpaired) electrons. The van der Waals surface area contributed by atoms with Gasteiger partial charge in [0.05, 0.1) is 0 Å². The van der Waals surface area contributed by atoms with Crippen LogP contribution in [0.4, 0.5) is 11.5 Å². The molecular weight excluding hydrogens is 286 g/mol. The fourth-order valence-corrected chi connectivity index (χ4v) is 3.85. The second kappa shape index (κ2) is 4.39. The van der Waals surface area contributed by atoms with Gasteiger partial charge in [0.25, 0.3) is 10.0 Å². The molecule has 2 heterocycles. The molecule has 2 aromatic rings. The molecule has 5 nitrogen and oxygen atoms in total. The van der Waals surface area contributed by atoms with E-state index in [1.165, 1.54) is 30.0 Å². The molecule has 0 atom stereocenters. The minimum atomic E-state index is -3.63. The summed E-state index contributed by atoms with van der Waals surface area (Å²) >= 11 is 0. The lowest BCUT2D eigenvalue weighted by molar-refractivity contribution is 0.597. The van der Waals surface area contributed by atoms with E-state index in [4.69, 9.17) is 0 Å². The summed E-state index contributed by atoms with van der Waals surface area (Å²) in [6.45, 7) is 0. The fourth-order valence-electron chi connectivity index (χ4n) is 2.88. The minimum absolute atomic E-state index is 0.146. The van der Waals surface area contributed by atoms with Gasteiger partial charge in [-0.1, -0.05) is 6.07 Å². The number of hydrogen-bond acceptors (Lipinski definition) is 4. The molecule has 0 saturated carbocycles. The minimum Gasteiger partial charge on any atom is -0.283 e. The van der Waals surface area contributed by atoms with Gasteiger partial charge < -0.3 is 0 Å². The molecule has 0 amide bonds. The van der Waals surface area contributed by atoms with E-state index in [0.717, 1.165) is 18.5 Å². The summed E-state index contributed by atoms with van der Waals surface area (Å²) in [6, 6.07) is 9.35. The Kier molecular flexibility index (Phi) is 2.62. The third kappa shape index (κ3) is 1.94. The highest BCUT2D eigenvalue weighted by atomic mass is 32.2.